The van der Waals surface area contributed by atoms with Gasteiger partial charge in [0.1, 0.15) is 23.9 Å². The van der Waals surface area contributed by atoms with Gasteiger partial charge in [0, 0.05) is 20.0 Å². The number of ether oxygens (including phenoxy) is 2. The molecule has 23 heavy (non-hydrogen) atoms. The number of rotatable bonds is 4. The molecule has 1 saturated heterocycles. The molecule has 2 aliphatic heterocycles. The lowest BCUT2D eigenvalue weighted by atomic mass is 9.90. The van der Waals surface area contributed by atoms with Gasteiger partial charge in [-0.1, -0.05) is 49.0 Å². The van der Waals surface area contributed by atoms with Crippen molar-refractivity contribution in [3.63, 3.8) is 0 Å². The van der Waals surface area contributed by atoms with Crippen LogP contribution in [0, 0.1) is 5.92 Å². The molecule has 0 aliphatic carbocycles. The Kier molecular flexibility index (Phi) is 5.04. The Hall–Kier alpha value is -1.37. The molecule has 1 aromatic carbocycles. The lowest BCUT2D eigenvalue weighted by molar-refractivity contribution is -0.150. The zero-order valence-corrected chi connectivity index (χ0v) is 14.4. The first-order chi connectivity index (χ1) is 11.1. The second-order valence-electron chi connectivity index (χ2n) is 6.14. The summed E-state index contributed by atoms with van der Waals surface area (Å²) in [6.07, 6.45) is 0.309. The number of carbonyl (C=O) groups excluding carboxylic acids is 1. The van der Waals surface area contributed by atoms with Crippen LogP contribution < -0.4 is 0 Å². The molecule has 5 nitrogen and oxygen atoms in total. The fraction of sp³-hybridized carbons (Fsp3) is 0.529. The number of hydrogen-bond donors (Lipinski definition) is 0. The Morgan fingerprint density at radius 1 is 1.35 bits per heavy atom. The zero-order valence-electron chi connectivity index (χ0n) is 13.6. The molecule has 2 aliphatic rings. The Morgan fingerprint density at radius 2 is 2.09 bits per heavy atom. The van der Waals surface area contributed by atoms with E-state index in [0.29, 0.717) is 6.61 Å². The molecule has 5 atom stereocenters. The molecule has 3 rings (SSSR count). The monoisotopic (exact) mass is 334 g/mol. The summed E-state index contributed by atoms with van der Waals surface area (Å²) in [4.78, 5) is 18.1. The maximum atomic E-state index is 11.4. The Bertz CT molecular complexity index is 578. The second kappa shape index (κ2) is 7.03. The summed E-state index contributed by atoms with van der Waals surface area (Å²) in [5.41, 5.74) is 0.965. The number of thioether (sulfide) groups is 1. The van der Waals surface area contributed by atoms with Crippen LogP contribution in [-0.4, -0.2) is 54.1 Å². The van der Waals surface area contributed by atoms with Crippen molar-refractivity contribution in [2.24, 2.45) is 10.9 Å². The standard InChI is InChI=1S/C17H22N2O3S/c1-11-13(9-20)22-16-14(18-17(23-16)19(2)3)15(11)21-10-12-7-5-4-6-8-12/h4-9,11,13-16H,10H2,1-3H3/t11-,13-,14-,15+,16-/m1/s1. The van der Waals surface area contributed by atoms with Crippen molar-refractivity contribution in [3.8, 4) is 0 Å². The minimum Gasteiger partial charge on any atom is -0.371 e. The van der Waals surface area contributed by atoms with Crippen molar-refractivity contribution in [1.29, 1.82) is 0 Å². The van der Waals surface area contributed by atoms with Crippen LogP contribution in [-0.2, 0) is 20.9 Å². The highest BCUT2D eigenvalue weighted by molar-refractivity contribution is 8.14. The Balaban J connectivity index is 1.77. The van der Waals surface area contributed by atoms with Gasteiger partial charge in [0.15, 0.2) is 5.17 Å². The van der Waals surface area contributed by atoms with Crippen LogP contribution in [0.4, 0.5) is 0 Å². The second-order valence-corrected chi connectivity index (χ2v) is 7.21. The molecular weight excluding hydrogens is 312 g/mol. The fourth-order valence-electron chi connectivity index (χ4n) is 2.90. The summed E-state index contributed by atoms with van der Waals surface area (Å²) in [7, 11) is 3.92. The minimum absolute atomic E-state index is 0.0247. The quantitative estimate of drug-likeness (QED) is 0.790. The van der Waals surface area contributed by atoms with E-state index in [-0.39, 0.29) is 23.5 Å². The summed E-state index contributed by atoms with van der Waals surface area (Å²) >= 11 is 1.56. The van der Waals surface area contributed by atoms with Gasteiger partial charge in [0.2, 0.25) is 0 Å². The fourth-order valence-corrected chi connectivity index (χ4v) is 4.04. The molecule has 1 fully saturated rings. The Morgan fingerprint density at radius 3 is 2.74 bits per heavy atom. The highest BCUT2D eigenvalue weighted by Gasteiger charge is 2.48. The van der Waals surface area contributed by atoms with Gasteiger partial charge in [0.25, 0.3) is 0 Å². The molecule has 124 valence electrons. The van der Waals surface area contributed by atoms with Gasteiger partial charge in [0.05, 0.1) is 12.7 Å². The molecule has 0 saturated carbocycles. The number of amidine groups is 1. The summed E-state index contributed by atoms with van der Waals surface area (Å²) in [5.74, 6) is -0.0247. The van der Waals surface area contributed by atoms with E-state index in [9.17, 15) is 4.79 Å². The predicted molar refractivity (Wildman–Crippen MR) is 91.4 cm³/mol. The van der Waals surface area contributed by atoms with Crippen LogP contribution in [0.5, 0.6) is 0 Å². The van der Waals surface area contributed by atoms with E-state index in [4.69, 9.17) is 14.5 Å². The number of fused-ring (bicyclic) bond motifs is 1. The maximum absolute atomic E-state index is 11.4. The van der Waals surface area contributed by atoms with Crippen molar-refractivity contribution in [1.82, 2.24) is 4.90 Å². The summed E-state index contributed by atoms with van der Waals surface area (Å²) in [5, 5.41) is 0.923. The van der Waals surface area contributed by atoms with Crippen LogP contribution in [0.1, 0.15) is 12.5 Å². The summed E-state index contributed by atoms with van der Waals surface area (Å²) in [6, 6.07) is 9.98. The van der Waals surface area contributed by atoms with Crippen molar-refractivity contribution in [2.45, 2.75) is 37.2 Å². The molecule has 2 heterocycles. The van der Waals surface area contributed by atoms with E-state index >= 15 is 0 Å². The van der Waals surface area contributed by atoms with E-state index in [1.54, 1.807) is 11.8 Å². The number of carbonyl (C=O) groups is 1. The third-order valence-corrected chi connectivity index (χ3v) is 5.53. The van der Waals surface area contributed by atoms with Crippen molar-refractivity contribution in [3.05, 3.63) is 35.9 Å². The number of benzene rings is 1. The topological polar surface area (TPSA) is 51.1 Å². The first-order valence-electron chi connectivity index (χ1n) is 7.78. The normalized spacial score (nSPS) is 33.0. The van der Waals surface area contributed by atoms with Gasteiger partial charge < -0.3 is 19.2 Å². The number of nitrogens with zero attached hydrogens (tertiary/aromatic N) is 2. The number of aldehydes is 1. The molecule has 0 aromatic heterocycles. The van der Waals surface area contributed by atoms with Crippen LogP contribution in [0.25, 0.3) is 0 Å². The van der Waals surface area contributed by atoms with Gasteiger partial charge in [-0.2, -0.15) is 0 Å². The average molecular weight is 334 g/mol. The summed E-state index contributed by atoms with van der Waals surface area (Å²) < 4.78 is 12.1. The highest BCUT2D eigenvalue weighted by Crippen LogP contribution is 2.40. The van der Waals surface area contributed by atoms with Gasteiger partial charge in [-0.05, 0) is 5.56 Å². The van der Waals surface area contributed by atoms with Gasteiger partial charge in [-0.3, -0.25) is 4.99 Å². The largest absolute Gasteiger partial charge is 0.371 e. The minimum atomic E-state index is -0.443. The molecule has 0 unspecified atom stereocenters. The molecule has 0 N–H and O–H groups in total. The first kappa shape index (κ1) is 16.5. The average Bonchev–Trinajstić information content (AvgIpc) is 2.98. The van der Waals surface area contributed by atoms with Gasteiger partial charge in [-0.25, -0.2) is 0 Å². The molecule has 0 amide bonds. The van der Waals surface area contributed by atoms with E-state index in [1.807, 2.05) is 56.3 Å². The zero-order chi connectivity index (χ0) is 16.4. The molecule has 0 bridgehead atoms. The highest BCUT2D eigenvalue weighted by atomic mass is 32.2. The Labute approximate surface area is 141 Å². The third kappa shape index (κ3) is 3.44. The maximum Gasteiger partial charge on any atom is 0.161 e. The van der Waals surface area contributed by atoms with E-state index < -0.39 is 6.10 Å². The van der Waals surface area contributed by atoms with Crippen molar-refractivity contribution in [2.75, 3.05) is 14.1 Å². The first-order valence-corrected chi connectivity index (χ1v) is 8.66. The van der Waals surface area contributed by atoms with Crippen LogP contribution >= 0.6 is 11.8 Å². The van der Waals surface area contributed by atoms with E-state index in [1.165, 1.54) is 0 Å². The van der Waals surface area contributed by atoms with Crippen molar-refractivity contribution >= 4 is 23.2 Å². The van der Waals surface area contributed by atoms with E-state index in [2.05, 4.69) is 0 Å². The van der Waals surface area contributed by atoms with Crippen LogP contribution in [0.2, 0.25) is 0 Å². The molecular formula is C17H22N2O3S. The van der Waals surface area contributed by atoms with Crippen LogP contribution in [0.3, 0.4) is 0 Å². The predicted octanol–water partition coefficient (Wildman–Crippen LogP) is 2.16. The molecule has 6 heteroatoms. The van der Waals surface area contributed by atoms with Crippen LogP contribution in [0.15, 0.2) is 35.3 Å². The number of aliphatic imine (C=N–C) groups is 1. The SMILES string of the molecule is C[C@H]1[C@H](OCc2ccccc2)[C@H]2N=C(N(C)C)S[C@H]2O[C@@H]1C=O. The van der Waals surface area contributed by atoms with E-state index in [0.717, 1.165) is 17.0 Å². The lowest BCUT2D eigenvalue weighted by Gasteiger charge is -2.39. The number of hydrogen-bond acceptors (Lipinski definition) is 6. The summed E-state index contributed by atoms with van der Waals surface area (Å²) in [6.45, 7) is 2.51. The molecule has 0 spiro atoms. The van der Waals surface area contributed by atoms with Gasteiger partial charge >= 0.3 is 0 Å². The smallest absolute Gasteiger partial charge is 0.161 e. The molecule has 0 radical (unpaired) electrons. The third-order valence-electron chi connectivity index (χ3n) is 4.23. The lowest BCUT2D eigenvalue weighted by Crippen LogP contribution is -2.51. The molecule has 1 aromatic rings. The van der Waals surface area contributed by atoms with Crippen molar-refractivity contribution < 1.29 is 14.3 Å². The van der Waals surface area contributed by atoms with Gasteiger partial charge in [-0.15, -0.1) is 0 Å².